The van der Waals surface area contributed by atoms with Crippen molar-refractivity contribution in [2.24, 2.45) is 0 Å². The Bertz CT molecular complexity index is 590. The van der Waals surface area contributed by atoms with Crippen LogP contribution in [0.15, 0.2) is 30.5 Å². The molecule has 1 aromatic carbocycles. The van der Waals surface area contributed by atoms with E-state index in [1.165, 1.54) is 0 Å². The maximum Gasteiger partial charge on any atom is 0.148 e. The van der Waals surface area contributed by atoms with Gasteiger partial charge in [0.2, 0.25) is 0 Å². The zero-order valence-electron chi connectivity index (χ0n) is 11.8. The van der Waals surface area contributed by atoms with Crippen LogP contribution < -0.4 is 4.90 Å². The topological polar surface area (TPSA) is 47.5 Å². The third-order valence-corrected chi connectivity index (χ3v) is 3.80. The summed E-state index contributed by atoms with van der Waals surface area (Å²) in [5, 5.41) is 0. The van der Waals surface area contributed by atoms with E-state index in [9.17, 15) is 0 Å². The fourth-order valence-corrected chi connectivity index (χ4v) is 2.76. The second-order valence-corrected chi connectivity index (χ2v) is 5.07. The Hall–Kier alpha value is -1.72. The Morgan fingerprint density at radius 1 is 1.25 bits per heavy atom. The summed E-state index contributed by atoms with van der Waals surface area (Å²) >= 11 is 0. The molecule has 0 radical (unpaired) electrons. The number of benzene rings is 1. The summed E-state index contributed by atoms with van der Waals surface area (Å²) in [6, 6.07) is 8.21. The lowest BCUT2D eigenvalue weighted by atomic mass is 10.2. The highest BCUT2D eigenvalue weighted by Crippen LogP contribution is 2.26. The van der Waals surface area contributed by atoms with Crippen molar-refractivity contribution < 1.29 is 9.47 Å². The molecule has 0 aliphatic carbocycles. The van der Waals surface area contributed by atoms with Crippen molar-refractivity contribution in [3.05, 3.63) is 30.5 Å². The lowest BCUT2D eigenvalue weighted by Gasteiger charge is -2.24. The van der Waals surface area contributed by atoms with Crippen LogP contribution in [-0.2, 0) is 9.47 Å². The quantitative estimate of drug-likeness (QED) is 0.851. The van der Waals surface area contributed by atoms with E-state index in [-0.39, 0.29) is 6.10 Å². The fourth-order valence-electron chi connectivity index (χ4n) is 2.76. The second-order valence-electron chi connectivity index (χ2n) is 5.07. The molecule has 2 atom stereocenters. The molecule has 1 aromatic heterocycles. The average molecular weight is 273 g/mol. The number of rotatable bonds is 4. The lowest BCUT2D eigenvalue weighted by Crippen LogP contribution is -2.33. The van der Waals surface area contributed by atoms with Gasteiger partial charge in [-0.15, -0.1) is 0 Å². The van der Waals surface area contributed by atoms with E-state index in [0.717, 1.165) is 29.8 Å². The van der Waals surface area contributed by atoms with Crippen LogP contribution in [0.4, 0.5) is 5.82 Å². The number of aromatic nitrogens is 2. The maximum atomic E-state index is 5.48. The number of ether oxygens (including phenoxy) is 2. The number of fused-ring (bicyclic) bond motifs is 1. The summed E-state index contributed by atoms with van der Waals surface area (Å²) in [6.07, 6.45) is 3.02. The van der Waals surface area contributed by atoms with Gasteiger partial charge in [-0.3, -0.25) is 4.98 Å². The molecule has 2 aromatic rings. The third kappa shape index (κ3) is 2.46. The molecule has 0 bridgehead atoms. The minimum Gasteiger partial charge on any atom is -0.383 e. The first kappa shape index (κ1) is 13.3. The molecule has 0 unspecified atom stereocenters. The molecule has 1 fully saturated rings. The predicted molar refractivity (Wildman–Crippen MR) is 78.0 cm³/mol. The van der Waals surface area contributed by atoms with Gasteiger partial charge in [-0.2, -0.15) is 0 Å². The molecular weight excluding hydrogens is 254 g/mol. The lowest BCUT2D eigenvalue weighted by molar-refractivity contribution is 0.111. The van der Waals surface area contributed by atoms with Gasteiger partial charge in [0.15, 0.2) is 0 Å². The van der Waals surface area contributed by atoms with E-state index in [0.29, 0.717) is 12.6 Å². The highest BCUT2D eigenvalue weighted by molar-refractivity contribution is 5.75. The Morgan fingerprint density at radius 2 is 2.05 bits per heavy atom. The van der Waals surface area contributed by atoms with E-state index in [1.807, 2.05) is 30.5 Å². The van der Waals surface area contributed by atoms with Crippen LogP contribution in [-0.4, -0.2) is 49.5 Å². The number of hydrogen-bond acceptors (Lipinski definition) is 5. The summed E-state index contributed by atoms with van der Waals surface area (Å²) in [5.41, 5.74) is 1.84. The Kier molecular flexibility index (Phi) is 3.80. The van der Waals surface area contributed by atoms with Gasteiger partial charge in [0.1, 0.15) is 5.82 Å². The zero-order valence-corrected chi connectivity index (χ0v) is 11.8. The Labute approximate surface area is 118 Å². The van der Waals surface area contributed by atoms with E-state index < -0.39 is 0 Å². The number of nitrogens with zero attached hydrogens (tertiary/aromatic N) is 3. The van der Waals surface area contributed by atoms with Gasteiger partial charge >= 0.3 is 0 Å². The first-order valence-electron chi connectivity index (χ1n) is 6.82. The average Bonchev–Trinajstić information content (AvgIpc) is 2.90. The third-order valence-electron chi connectivity index (χ3n) is 3.80. The Morgan fingerprint density at radius 3 is 2.80 bits per heavy atom. The van der Waals surface area contributed by atoms with Crippen LogP contribution in [0.25, 0.3) is 11.0 Å². The van der Waals surface area contributed by atoms with E-state index in [1.54, 1.807) is 14.2 Å². The van der Waals surface area contributed by atoms with Crippen molar-refractivity contribution in [3.63, 3.8) is 0 Å². The van der Waals surface area contributed by atoms with Crippen molar-refractivity contribution in [2.75, 3.05) is 32.3 Å². The first-order valence-corrected chi connectivity index (χ1v) is 6.82. The van der Waals surface area contributed by atoms with Crippen LogP contribution in [0.1, 0.15) is 6.42 Å². The number of para-hydroxylation sites is 2. The van der Waals surface area contributed by atoms with Crippen LogP contribution in [0.5, 0.6) is 0 Å². The second kappa shape index (κ2) is 5.73. The molecular formula is C15H19N3O2. The summed E-state index contributed by atoms with van der Waals surface area (Å²) in [6.45, 7) is 1.51. The molecule has 1 aliphatic rings. The highest BCUT2D eigenvalue weighted by atomic mass is 16.5. The van der Waals surface area contributed by atoms with Crippen molar-refractivity contribution >= 4 is 16.9 Å². The van der Waals surface area contributed by atoms with Crippen molar-refractivity contribution in [1.29, 1.82) is 0 Å². The number of hydrogen-bond donors (Lipinski definition) is 0. The van der Waals surface area contributed by atoms with Crippen LogP contribution in [0.3, 0.4) is 0 Å². The summed E-state index contributed by atoms with van der Waals surface area (Å²) in [4.78, 5) is 11.4. The summed E-state index contributed by atoms with van der Waals surface area (Å²) in [5.74, 6) is 0.894. The summed E-state index contributed by atoms with van der Waals surface area (Å²) < 4.78 is 10.8. The normalized spacial score (nSPS) is 22.6. The van der Waals surface area contributed by atoms with Gasteiger partial charge in [0.25, 0.3) is 0 Å². The van der Waals surface area contributed by atoms with Gasteiger partial charge in [0, 0.05) is 20.8 Å². The molecule has 20 heavy (non-hydrogen) atoms. The summed E-state index contributed by atoms with van der Waals surface area (Å²) in [7, 11) is 3.48. The van der Waals surface area contributed by atoms with Gasteiger partial charge in [-0.25, -0.2) is 4.98 Å². The van der Waals surface area contributed by atoms with Gasteiger partial charge in [-0.1, -0.05) is 12.1 Å². The van der Waals surface area contributed by atoms with Gasteiger partial charge in [-0.05, 0) is 18.6 Å². The van der Waals surface area contributed by atoms with Crippen molar-refractivity contribution in [2.45, 2.75) is 18.6 Å². The molecule has 106 valence electrons. The monoisotopic (exact) mass is 273 g/mol. The van der Waals surface area contributed by atoms with Gasteiger partial charge < -0.3 is 14.4 Å². The fraction of sp³-hybridized carbons (Fsp3) is 0.467. The minimum absolute atomic E-state index is 0.225. The molecule has 5 nitrogen and oxygen atoms in total. The molecule has 3 rings (SSSR count). The number of anilines is 1. The zero-order chi connectivity index (χ0) is 13.9. The molecule has 1 saturated heterocycles. The molecule has 2 heterocycles. The first-order chi connectivity index (χ1) is 9.81. The van der Waals surface area contributed by atoms with Crippen LogP contribution in [0, 0.1) is 0 Å². The van der Waals surface area contributed by atoms with E-state index in [2.05, 4.69) is 9.88 Å². The maximum absolute atomic E-state index is 5.48. The molecule has 5 heteroatoms. The molecule has 0 saturated carbocycles. The van der Waals surface area contributed by atoms with E-state index >= 15 is 0 Å². The molecule has 0 N–H and O–H groups in total. The van der Waals surface area contributed by atoms with Gasteiger partial charge in [0.05, 0.1) is 36.0 Å². The minimum atomic E-state index is 0.225. The van der Waals surface area contributed by atoms with Crippen molar-refractivity contribution in [3.8, 4) is 0 Å². The molecule has 0 amide bonds. The molecule has 1 aliphatic heterocycles. The Balaban J connectivity index is 1.91. The largest absolute Gasteiger partial charge is 0.383 e. The SMILES string of the molecule is COC[C@@H]1C[C@@H](OC)CN1c1cnc2ccccc2n1. The number of methoxy groups -OCH3 is 2. The van der Waals surface area contributed by atoms with E-state index in [4.69, 9.17) is 14.5 Å². The smallest absolute Gasteiger partial charge is 0.148 e. The predicted octanol–water partition coefficient (Wildman–Crippen LogP) is 1.87. The van der Waals surface area contributed by atoms with Crippen molar-refractivity contribution in [1.82, 2.24) is 9.97 Å². The van der Waals surface area contributed by atoms with Crippen LogP contribution in [0.2, 0.25) is 0 Å². The molecule has 0 spiro atoms. The highest BCUT2D eigenvalue weighted by Gasteiger charge is 2.33. The van der Waals surface area contributed by atoms with Crippen LogP contribution >= 0.6 is 0 Å². The standard InChI is InChI=1S/C15H19N3O2/c1-19-10-11-7-12(20-2)9-18(11)15-8-16-13-5-3-4-6-14(13)17-15/h3-6,8,11-12H,7,9-10H2,1-2H3/t11-,12+/m0/s1.